The van der Waals surface area contributed by atoms with Crippen molar-refractivity contribution in [2.45, 2.75) is 32.2 Å². The molecule has 1 N–H and O–H groups in total. The largest absolute Gasteiger partial charge is 0.395 e. The predicted molar refractivity (Wildman–Crippen MR) is 83.9 cm³/mol. The third-order valence-electron chi connectivity index (χ3n) is 4.39. The summed E-state index contributed by atoms with van der Waals surface area (Å²) in [6, 6.07) is 11.1. The van der Waals surface area contributed by atoms with Crippen molar-refractivity contribution in [3.8, 4) is 0 Å². The number of nitrogens with zero attached hydrogens (tertiary/aromatic N) is 2. The van der Waals surface area contributed by atoms with Crippen LogP contribution in [0.5, 0.6) is 0 Å². The van der Waals surface area contributed by atoms with Gasteiger partial charge in [0.05, 0.1) is 6.61 Å². The van der Waals surface area contributed by atoms with E-state index in [1.807, 2.05) is 0 Å². The van der Waals surface area contributed by atoms with E-state index in [1.54, 1.807) is 0 Å². The molecule has 1 fully saturated rings. The highest BCUT2D eigenvalue weighted by molar-refractivity contribution is 5.14. The number of aryl methyl sites for hydroxylation is 1. The Hall–Kier alpha value is -0.900. The normalized spacial score (nSPS) is 19.1. The highest BCUT2D eigenvalue weighted by Gasteiger charge is 2.21. The van der Waals surface area contributed by atoms with Gasteiger partial charge < -0.3 is 10.0 Å². The number of hydrogen-bond acceptors (Lipinski definition) is 3. The second-order valence-corrected chi connectivity index (χ2v) is 5.71. The Morgan fingerprint density at radius 3 is 2.40 bits per heavy atom. The maximum Gasteiger partial charge on any atom is 0.0586 e. The summed E-state index contributed by atoms with van der Waals surface area (Å²) < 4.78 is 0. The molecule has 20 heavy (non-hydrogen) atoms. The van der Waals surface area contributed by atoms with E-state index in [4.69, 9.17) is 0 Å². The molecule has 0 amide bonds. The van der Waals surface area contributed by atoms with Crippen LogP contribution < -0.4 is 0 Å². The first-order valence-corrected chi connectivity index (χ1v) is 7.94. The lowest BCUT2D eigenvalue weighted by molar-refractivity contribution is 0.0633. The topological polar surface area (TPSA) is 26.7 Å². The molecule has 1 aromatic rings. The maximum absolute atomic E-state index is 9.36. The Bertz CT molecular complexity index is 357. The van der Waals surface area contributed by atoms with Crippen molar-refractivity contribution in [3.05, 3.63) is 35.9 Å². The van der Waals surface area contributed by atoms with E-state index in [-0.39, 0.29) is 0 Å². The van der Waals surface area contributed by atoms with Crippen LogP contribution in [-0.4, -0.2) is 60.3 Å². The maximum atomic E-state index is 9.36. The summed E-state index contributed by atoms with van der Waals surface area (Å²) in [5.41, 5.74) is 1.44. The quantitative estimate of drug-likeness (QED) is 0.825. The first-order valence-electron chi connectivity index (χ1n) is 7.94. The molecule has 0 spiro atoms. The molecule has 0 aromatic heterocycles. The van der Waals surface area contributed by atoms with Crippen molar-refractivity contribution in [1.29, 1.82) is 0 Å². The van der Waals surface area contributed by atoms with Crippen molar-refractivity contribution >= 4 is 0 Å². The van der Waals surface area contributed by atoms with E-state index < -0.39 is 0 Å². The minimum Gasteiger partial charge on any atom is -0.395 e. The molecule has 1 aromatic carbocycles. The van der Waals surface area contributed by atoms with Crippen LogP contribution in [0.4, 0.5) is 0 Å². The third kappa shape index (κ3) is 4.58. The minimum atomic E-state index is 0.296. The lowest BCUT2D eigenvalue weighted by Crippen LogP contribution is -2.51. The number of rotatable bonds is 7. The van der Waals surface area contributed by atoms with Gasteiger partial charge in [-0.15, -0.1) is 0 Å². The summed E-state index contributed by atoms with van der Waals surface area (Å²) in [7, 11) is 0. The molecule has 0 saturated carbocycles. The molecule has 112 valence electrons. The molecule has 1 atom stereocenters. The van der Waals surface area contributed by atoms with E-state index in [9.17, 15) is 5.11 Å². The Kier molecular flexibility index (Phi) is 6.51. The van der Waals surface area contributed by atoms with Gasteiger partial charge in [-0.2, -0.15) is 0 Å². The van der Waals surface area contributed by atoms with E-state index in [2.05, 4.69) is 47.1 Å². The van der Waals surface area contributed by atoms with Crippen LogP contribution in [0.25, 0.3) is 0 Å². The molecule has 3 nitrogen and oxygen atoms in total. The highest BCUT2D eigenvalue weighted by atomic mass is 16.3. The van der Waals surface area contributed by atoms with Crippen molar-refractivity contribution in [3.63, 3.8) is 0 Å². The van der Waals surface area contributed by atoms with E-state index in [0.29, 0.717) is 12.6 Å². The molecule has 1 unspecified atom stereocenters. The summed E-state index contributed by atoms with van der Waals surface area (Å²) in [5, 5.41) is 9.36. The summed E-state index contributed by atoms with van der Waals surface area (Å²) >= 11 is 0. The van der Waals surface area contributed by atoms with Crippen molar-refractivity contribution < 1.29 is 5.11 Å². The van der Waals surface area contributed by atoms with Crippen molar-refractivity contribution in [2.24, 2.45) is 0 Å². The second kappa shape index (κ2) is 8.40. The summed E-state index contributed by atoms with van der Waals surface area (Å²) in [5.74, 6) is 0. The fourth-order valence-corrected chi connectivity index (χ4v) is 3.01. The van der Waals surface area contributed by atoms with Crippen LogP contribution >= 0.6 is 0 Å². The van der Waals surface area contributed by atoms with Crippen LogP contribution in [0.2, 0.25) is 0 Å². The van der Waals surface area contributed by atoms with Crippen molar-refractivity contribution in [2.75, 3.05) is 39.3 Å². The Balaban J connectivity index is 1.65. The molecule has 0 aliphatic carbocycles. The van der Waals surface area contributed by atoms with Crippen molar-refractivity contribution in [1.82, 2.24) is 9.80 Å². The standard InChI is InChI=1S/C17H28N2O/c1-2-17(15-20)19-13-11-18(12-14-19)10-6-9-16-7-4-3-5-8-16/h3-5,7-8,17,20H,2,6,9-15H2,1H3. The predicted octanol–water partition coefficient (Wildman–Crippen LogP) is 2.01. The summed E-state index contributed by atoms with van der Waals surface area (Å²) in [6.07, 6.45) is 3.46. The SMILES string of the molecule is CCC(CO)N1CCN(CCCc2ccccc2)CC1. The summed E-state index contributed by atoms with van der Waals surface area (Å²) in [6.45, 7) is 8.14. The lowest BCUT2D eigenvalue weighted by Gasteiger charge is -2.38. The number of aliphatic hydroxyl groups excluding tert-OH is 1. The molecule has 3 heteroatoms. The molecule has 1 aliphatic rings. The number of benzene rings is 1. The smallest absolute Gasteiger partial charge is 0.0586 e. The fraction of sp³-hybridized carbons (Fsp3) is 0.647. The molecule has 0 bridgehead atoms. The average molecular weight is 276 g/mol. The van der Waals surface area contributed by atoms with Crippen LogP contribution in [0.15, 0.2) is 30.3 Å². The molecule has 1 heterocycles. The minimum absolute atomic E-state index is 0.296. The van der Waals surface area contributed by atoms with E-state index in [1.165, 1.54) is 24.9 Å². The van der Waals surface area contributed by atoms with Gasteiger partial charge in [-0.3, -0.25) is 4.90 Å². The average Bonchev–Trinajstić information content (AvgIpc) is 2.51. The highest BCUT2D eigenvalue weighted by Crippen LogP contribution is 2.10. The number of aliphatic hydroxyl groups is 1. The molecule has 1 saturated heterocycles. The fourth-order valence-electron chi connectivity index (χ4n) is 3.01. The zero-order valence-electron chi connectivity index (χ0n) is 12.7. The van der Waals surface area contributed by atoms with Gasteiger partial charge >= 0.3 is 0 Å². The molecule has 1 aliphatic heterocycles. The first kappa shape index (κ1) is 15.5. The zero-order chi connectivity index (χ0) is 14.2. The lowest BCUT2D eigenvalue weighted by atomic mass is 10.1. The van der Waals surface area contributed by atoms with Crippen LogP contribution in [0, 0.1) is 0 Å². The first-order chi connectivity index (χ1) is 9.83. The molecule has 2 rings (SSSR count). The zero-order valence-corrected chi connectivity index (χ0v) is 12.7. The molecule has 0 radical (unpaired) electrons. The van der Waals surface area contributed by atoms with Gasteiger partial charge in [0.2, 0.25) is 0 Å². The molecular weight excluding hydrogens is 248 g/mol. The number of hydrogen-bond donors (Lipinski definition) is 1. The van der Waals surface area contributed by atoms with E-state index >= 15 is 0 Å². The van der Waals surface area contributed by atoms with Gasteiger partial charge in [-0.25, -0.2) is 0 Å². The van der Waals surface area contributed by atoms with Gasteiger partial charge in [0.15, 0.2) is 0 Å². The van der Waals surface area contributed by atoms with Crippen LogP contribution in [-0.2, 0) is 6.42 Å². The van der Waals surface area contributed by atoms with Gasteiger partial charge in [-0.05, 0) is 31.4 Å². The van der Waals surface area contributed by atoms with Crippen LogP contribution in [0.3, 0.4) is 0 Å². The Morgan fingerprint density at radius 1 is 1.10 bits per heavy atom. The summed E-state index contributed by atoms with van der Waals surface area (Å²) in [4.78, 5) is 5.00. The van der Waals surface area contributed by atoms with E-state index in [0.717, 1.165) is 32.6 Å². The van der Waals surface area contributed by atoms with Gasteiger partial charge in [0, 0.05) is 32.2 Å². The van der Waals surface area contributed by atoms with Crippen LogP contribution in [0.1, 0.15) is 25.3 Å². The number of piperazine rings is 1. The Labute approximate surface area is 123 Å². The third-order valence-corrected chi connectivity index (χ3v) is 4.39. The molecular formula is C17H28N2O. The Morgan fingerprint density at radius 2 is 1.80 bits per heavy atom. The second-order valence-electron chi connectivity index (χ2n) is 5.71. The van der Waals surface area contributed by atoms with Gasteiger partial charge in [0.1, 0.15) is 0 Å². The monoisotopic (exact) mass is 276 g/mol. The van der Waals surface area contributed by atoms with Gasteiger partial charge in [0.25, 0.3) is 0 Å². The van der Waals surface area contributed by atoms with Gasteiger partial charge in [-0.1, -0.05) is 37.3 Å².